The Kier molecular flexibility index (Phi) is 6.21. The molecule has 2 unspecified atom stereocenters. The third-order valence-electron chi connectivity index (χ3n) is 7.02. The van der Waals surface area contributed by atoms with Crippen molar-refractivity contribution < 1.29 is 19.2 Å². The molecule has 8 nitrogen and oxygen atoms in total. The minimum atomic E-state index is -0.968. The molecule has 4 amide bonds. The molecule has 0 spiro atoms. The van der Waals surface area contributed by atoms with Crippen LogP contribution in [-0.4, -0.2) is 52.6 Å². The van der Waals surface area contributed by atoms with Gasteiger partial charge in [0.05, 0.1) is 0 Å². The van der Waals surface area contributed by atoms with Gasteiger partial charge in [-0.3, -0.25) is 34.3 Å². The average Bonchev–Trinajstić information content (AvgIpc) is 3.09. The molecule has 2 aromatic carbocycles. The van der Waals surface area contributed by atoms with Crippen molar-refractivity contribution in [3.63, 3.8) is 0 Å². The lowest BCUT2D eigenvalue weighted by atomic mass is 9.89. The minimum Gasteiger partial charge on any atom is -0.351 e. The van der Waals surface area contributed by atoms with E-state index >= 15 is 0 Å². The molecule has 2 fully saturated rings. The molecular weight excluding hydrogens is 444 g/mol. The molecule has 3 aliphatic heterocycles. The molecule has 3 heterocycles. The van der Waals surface area contributed by atoms with E-state index in [4.69, 9.17) is 0 Å². The summed E-state index contributed by atoms with van der Waals surface area (Å²) in [6, 6.07) is 17.6. The molecule has 2 N–H and O–H groups in total. The van der Waals surface area contributed by atoms with Crippen LogP contribution in [-0.2, 0) is 25.6 Å². The van der Waals surface area contributed by atoms with Crippen molar-refractivity contribution in [3.8, 4) is 0 Å². The molecule has 2 aromatic rings. The molecule has 3 aliphatic rings. The van der Waals surface area contributed by atoms with Crippen molar-refractivity contribution >= 4 is 29.3 Å². The van der Waals surface area contributed by atoms with Gasteiger partial charge in [0, 0.05) is 37.3 Å². The number of imide groups is 2. The maximum absolute atomic E-state index is 12.9. The van der Waals surface area contributed by atoms with Gasteiger partial charge in [0.15, 0.2) is 0 Å². The predicted molar refractivity (Wildman–Crippen MR) is 130 cm³/mol. The number of nitrogens with one attached hydrogen (secondary N) is 2. The zero-order chi connectivity index (χ0) is 24.5. The number of carbonyl (C=O) groups is 4. The van der Waals surface area contributed by atoms with Crippen LogP contribution in [0.4, 0.5) is 5.69 Å². The first-order chi connectivity index (χ1) is 16.9. The smallest absolute Gasteiger partial charge is 0.278 e. The summed E-state index contributed by atoms with van der Waals surface area (Å²) in [7, 11) is 0. The Labute approximate surface area is 204 Å². The summed E-state index contributed by atoms with van der Waals surface area (Å²) >= 11 is 0. The number of hydrogen-bond donors (Lipinski definition) is 2. The fraction of sp³-hybridized carbons (Fsp3) is 0.333. The van der Waals surface area contributed by atoms with Crippen LogP contribution in [0.25, 0.3) is 0 Å². The maximum Gasteiger partial charge on any atom is 0.278 e. The maximum atomic E-state index is 12.9. The monoisotopic (exact) mass is 472 g/mol. The van der Waals surface area contributed by atoms with E-state index in [0.29, 0.717) is 11.6 Å². The number of amides is 4. The lowest BCUT2D eigenvalue weighted by Gasteiger charge is -2.43. The highest BCUT2D eigenvalue weighted by atomic mass is 16.2. The van der Waals surface area contributed by atoms with E-state index in [2.05, 4.69) is 52.8 Å². The van der Waals surface area contributed by atoms with Gasteiger partial charge in [0.1, 0.15) is 11.7 Å². The summed E-state index contributed by atoms with van der Waals surface area (Å²) in [6.45, 7) is 4.24. The van der Waals surface area contributed by atoms with Gasteiger partial charge in [-0.2, -0.15) is 0 Å². The van der Waals surface area contributed by atoms with Crippen LogP contribution in [0.3, 0.4) is 0 Å². The van der Waals surface area contributed by atoms with E-state index in [-0.39, 0.29) is 24.6 Å². The molecule has 0 radical (unpaired) electrons. The second-order valence-electron chi connectivity index (χ2n) is 9.47. The number of hydrogen-bond acceptors (Lipinski definition) is 6. The van der Waals surface area contributed by atoms with Crippen LogP contribution in [0.1, 0.15) is 36.9 Å². The lowest BCUT2D eigenvalue weighted by molar-refractivity contribution is -0.149. The number of nitrogens with zero attached hydrogens (tertiary/aromatic N) is 2. The summed E-state index contributed by atoms with van der Waals surface area (Å²) in [5.41, 5.74) is 3.31. The van der Waals surface area contributed by atoms with Gasteiger partial charge in [0.2, 0.25) is 11.8 Å². The summed E-state index contributed by atoms with van der Waals surface area (Å²) in [6.07, 6.45) is 2.53. The third kappa shape index (κ3) is 4.74. The van der Waals surface area contributed by atoms with Gasteiger partial charge in [0.25, 0.3) is 11.8 Å². The van der Waals surface area contributed by atoms with E-state index in [1.165, 1.54) is 11.6 Å². The van der Waals surface area contributed by atoms with E-state index in [0.717, 1.165) is 30.0 Å². The zero-order valence-electron chi connectivity index (χ0n) is 19.6. The van der Waals surface area contributed by atoms with Crippen molar-refractivity contribution in [2.75, 3.05) is 18.4 Å². The van der Waals surface area contributed by atoms with Crippen LogP contribution in [0.15, 0.2) is 66.4 Å². The number of piperidine rings is 1. The molecule has 0 bridgehead atoms. The van der Waals surface area contributed by atoms with Crippen molar-refractivity contribution in [1.82, 2.24) is 15.1 Å². The predicted octanol–water partition coefficient (Wildman–Crippen LogP) is 2.39. The number of likely N-dealkylation sites (tertiary alicyclic amines) is 1. The second kappa shape index (κ2) is 9.46. The van der Waals surface area contributed by atoms with Crippen LogP contribution in [0.5, 0.6) is 0 Å². The van der Waals surface area contributed by atoms with Gasteiger partial charge in [-0.25, -0.2) is 0 Å². The summed E-state index contributed by atoms with van der Waals surface area (Å²) in [5, 5.41) is 5.26. The van der Waals surface area contributed by atoms with E-state index in [1.54, 1.807) is 0 Å². The molecule has 2 saturated heterocycles. The zero-order valence-corrected chi connectivity index (χ0v) is 19.6. The van der Waals surface area contributed by atoms with E-state index in [9.17, 15) is 19.2 Å². The number of rotatable bonds is 7. The first-order valence-corrected chi connectivity index (χ1v) is 12.0. The van der Waals surface area contributed by atoms with Gasteiger partial charge in [-0.15, -0.1) is 0 Å². The first-order valence-electron chi connectivity index (χ1n) is 12.0. The summed E-state index contributed by atoms with van der Waals surface area (Å²) in [4.78, 5) is 52.4. The topological polar surface area (TPSA) is 98.8 Å². The molecule has 0 saturated carbocycles. The van der Waals surface area contributed by atoms with E-state index < -0.39 is 29.7 Å². The molecule has 180 valence electrons. The normalized spacial score (nSPS) is 22.0. The van der Waals surface area contributed by atoms with Crippen LogP contribution in [0.2, 0.25) is 0 Å². The number of anilines is 1. The van der Waals surface area contributed by atoms with Crippen LogP contribution >= 0.6 is 0 Å². The Hall–Kier alpha value is -3.78. The molecule has 0 aromatic heterocycles. The van der Waals surface area contributed by atoms with Gasteiger partial charge in [-0.05, 0) is 48.9 Å². The fourth-order valence-electron chi connectivity index (χ4n) is 5.04. The molecular formula is C27H28N4O4. The second-order valence-corrected chi connectivity index (χ2v) is 9.47. The first kappa shape index (κ1) is 23.0. The largest absolute Gasteiger partial charge is 0.351 e. The Morgan fingerprint density at radius 3 is 2.54 bits per heavy atom. The average molecular weight is 473 g/mol. The van der Waals surface area contributed by atoms with Crippen molar-refractivity contribution in [2.24, 2.45) is 5.92 Å². The molecule has 2 atom stereocenters. The van der Waals surface area contributed by atoms with Crippen molar-refractivity contribution in [1.29, 1.82) is 0 Å². The van der Waals surface area contributed by atoms with Crippen molar-refractivity contribution in [2.45, 2.75) is 38.3 Å². The Morgan fingerprint density at radius 2 is 1.80 bits per heavy atom. The highest BCUT2D eigenvalue weighted by Crippen LogP contribution is 2.32. The standard InChI is InChI=1S/C27H28N4O4/c1-17(30-15-19(16-30)12-18-6-3-2-4-7-18)20-8-5-9-21(13-20)28-22-14-25(33)31(27(22)35)23-10-11-24(32)29-26(23)34/h2-9,13-14,17,19,23,28H,10-12,15-16H2,1H3,(H,29,32,34). The van der Waals surface area contributed by atoms with E-state index in [1.807, 2.05) is 24.3 Å². The molecule has 5 rings (SSSR count). The van der Waals surface area contributed by atoms with Crippen LogP contribution < -0.4 is 10.6 Å². The Morgan fingerprint density at radius 1 is 1.03 bits per heavy atom. The molecule has 0 aliphatic carbocycles. The Bertz CT molecular complexity index is 1200. The van der Waals surface area contributed by atoms with Gasteiger partial charge in [-0.1, -0.05) is 42.5 Å². The SMILES string of the molecule is CC(c1cccc(NC2=CC(=O)N(C3CCC(=O)NC3=O)C2=O)c1)N1CC(Cc2ccccc2)C1. The lowest BCUT2D eigenvalue weighted by Crippen LogP contribution is -2.54. The minimum absolute atomic E-state index is 0.0961. The van der Waals surface area contributed by atoms with Crippen LogP contribution in [0, 0.1) is 5.92 Å². The van der Waals surface area contributed by atoms with Gasteiger partial charge < -0.3 is 5.32 Å². The fourth-order valence-corrected chi connectivity index (χ4v) is 5.04. The number of carbonyl (C=O) groups excluding carboxylic acids is 4. The van der Waals surface area contributed by atoms with Gasteiger partial charge >= 0.3 is 0 Å². The van der Waals surface area contributed by atoms with Crippen molar-refractivity contribution in [3.05, 3.63) is 77.5 Å². The third-order valence-corrected chi connectivity index (χ3v) is 7.02. The highest BCUT2D eigenvalue weighted by Gasteiger charge is 2.42. The Balaban J connectivity index is 1.20. The highest BCUT2D eigenvalue weighted by molar-refractivity contribution is 6.20. The number of benzene rings is 2. The summed E-state index contributed by atoms with van der Waals surface area (Å²) < 4.78 is 0. The molecule has 8 heteroatoms. The molecule has 35 heavy (non-hydrogen) atoms. The summed E-state index contributed by atoms with van der Waals surface area (Å²) in [5.74, 6) is -1.48. The quantitative estimate of drug-likeness (QED) is 0.601.